The summed E-state index contributed by atoms with van der Waals surface area (Å²) in [7, 11) is 1.74. The molecule has 1 aromatic carbocycles. The number of hydrogen-bond acceptors (Lipinski definition) is 3. The highest BCUT2D eigenvalue weighted by atomic mass is 35.5. The predicted octanol–water partition coefficient (Wildman–Crippen LogP) is 2.99. The molecule has 0 aliphatic heterocycles. The lowest BCUT2D eigenvalue weighted by molar-refractivity contribution is 0.0699. The lowest BCUT2D eigenvalue weighted by Gasteiger charge is -2.05. The van der Waals surface area contributed by atoms with Crippen LogP contribution in [-0.4, -0.2) is 25.8 Å². The van der Waals surface area contributed by atoms with Crippen LogP contribution in [0.15, 0.2) is 36.5 Å². The van der Waals surface area contributed by atoms with E-state index in [1.54, 1.807) is 36.1 Å². The van der Waals surface area contributed by atoms with Gasteiger partial charge in [0.25, 0.3) is 0 Å². The van der Waals surface area contributed by atoms with Crippen LogP contribution in [0.5, 0.6) is 0 Å². The first kappa shape index (κ1) is 12.6. The van der Waals surface area contributed by atoms with Gasteiger partial charge in [-0.05, 0) is 12.1 Å². The number of benzene rings is 1. The fourth-order valence-corrected chi connectivity index (χ4v) is 2.38. The van der Waals surface area contributed by atoms with Crippen LogP contribution in [0.3, 0.4) is 0 Å². The van der Waals surface area contributed by atoms with Crippen molar-refractivity contribution < 1.29 is 9.90 Å². The molecule has 100 valence electrons. The number of pyridine rings is 1. The SMILES string of the molecule is Cn1cc(Cl)c(-c2cc(C(=O)O)c3ccccc3n2)n1. The van der Waals surface area contributed by atoms with Gasteiger partial charge in [-0.1, -0.05) is 29.8 Å². The maximum absolute atomic E-state index is 11.4. The highest BCUT2D eigenvalue weighted by Crippen LogP contribution is 2.28. The number of carbonyl (C=O) groups is 1. The van der Waals surface area contributed by atoms with Crippen LogP contribution in [0, 0.1) is 0 Å². The van der Waals surface area contributed by atoms with Gasteiger partial charge in [0.05, 0.1) is 21.8 Å². The number of para-hydroxylation sites is 1. The second kappa shape index (κ2) is 4.61. The number of aromatic carboxylic acids is 1. The molecule has 6 heteroatoms. The van der Waals surface area contributed by atoms with Crippen LogP contribution in [-0.2, 0) is 7.05 Å². The number of aromatic nitrogens is 3. The molecule has 0 saturated heterocycles. The van der Waals surface area contributed by atoms with E-state index in [9.17, 15) is 9.90 Å². The summed E-state index contributed by atoms with van der Waals surface area (Å²) >= 11 is 6.09. The smallest absolute Gasteiger partial charge is 0.336 e. The van der Waals surface area contributed by atoms with Crippen molar-refractivity contribution in [2.24, 2.45) is 7.05 Å². The molecule has 3 rings (SSSR count). The number of carboxylic acids is 1. The molecule has 0 unspecified atom stereocenters. The monoisotopic (exact) mass is 287 g/mol. The lowest BCUT2D eigenvalue weighted by Crippen LogP contribution is -2.00. The molecular formula is C14H10ClN3O2. The fourth-order valence-electron chi connectivity index (χ4n) is 2.11. The first-order valence-electron chi connectivity index (χ1n) is 5.89. The molecule has 0 bridgehead atoms. The second-order valence-corrected chi connectivity index (χ2v) is 4.78. The van der Waals surface area contributed by atoms with Crippen LogP contribution < -0.4 is 0 Å². The van der Waals surface area contributed by atoms with E-state index in [2.05, 4.69) is 10.1 Å². The Balaban J connectivity index is 2.32. The fraction of sp³-hybridized carbons (Fsp3) is 0.0714. The van der Waals surface area contributed by atoms with Crippen LogP contribution >= 0.6 is 11.6 Å². The van der Waals surface area contributed by atoms with E-state index in [-0.39, 0.29) is 5.56 Å². The second-order valence-electron chi connectivity index (χ2n) is 4.38. The average Bonchev–Trinajstić information content (AvgIpc) is 2.76. The predicted molar refractivity (Wildman–Crippen MR) is 75.9 cm³/mol. The standard InChI is InChI=1S/C14H10ClN3O2/c1-18-7-10(15)13(17-18)12-6-9(14(19)20)8-4-2-3-5-11(8)16-12/h2-7H,1H3,(H,19,20). The summed E-state index contributed by atoms with van der Waals surface area (Å²) in [6.07, 6.45) is 1.65. The van der Waals surface area contributed by atoms with Crippen molar-refractivity contribution in [1.29, 1.82) is 0 Å². The average molecular weight is 288 g/mol. The van der Waals surface area contributed by atoms with Gasteiger partial charge in [0.2, 0.25) is 0 Å². The summed E-state index contributed by atoms with van der Waals surface area (Å²) < 4.78 is 1.56. The first-order chi connectivity index (χ1) is 9.56. The Morgan fingerprint density at radius 3 is 2.75 bits per heavy atom. The van der Waals surface area contributed by atoms with Gasteiger partial charge < -0.3 is 5.11 Å². The first-order valence-corrected chi connectivity index (χ1v) is 6.26. The van der Waals surface area contributed by atoms with Gasteiger partial charge in [-0.3, -0.25) is 4.68 Å². The quantitative estimate of drug-likeness (QED) is 0.787. The summed E-state index contributed by atoms with van der Waals surface area (Å²) in [5, 5.41) is 14.6. The van der Waals surface area contributed by atoms with E-state index in [4.69, 9.17) is 11.6 Å². The molecular weight excluding hydrogens is 278 g/mol. The van der Waals surface area contributed by atoms with Crippen LogP contribution in [0.25, 0.3) is 22.3 Å². The van der Waals surface area contributed by atoms with Gasteiger partial charge in [-0.15, -0.1) is 0 Å². The molecule has 0 atom stereocenters. The zero-order valence-corrected chi connectivity index (χ0v) is 11.3. The van der Waals surface area contributed by atoms with Gasteiger partial charge in [-0.2, -0.15) is 5.10 Å². The maximum Gasteiger partial charge on any atom is 0.336 e. The molecule has 20 heavy (non-hydrogen) atoms. The molecule has 0 spiro atoms. The highest BCUT2D eigenvalue weighted by Gasteiger charge is 2.16. The van der Waals surface area contributed by atoms with Crippen molar-refractivity contribution >= 4 is 28.5 Å². The van der Waals surface area contributed by atoms with E-state index in [0.717, 1.165) is 0 Å². The third-order valence-electron chi connectivity index (χ3n) is 2.97. The number of carboxylic acid groups (broad SMARTS) is 1. The molecule has 2 aromatic heterocycles. The topological polar surface area (TPSA) is 68.0 Å². The molecule has 0 radical (unpaired) electrons. The number of nitrogens with zero attached hydrogens (tertiary/aromatic N) is 3. The zero-order chi connectivity index (χ0) is 14.3. The molecule has 0 saturated carbocycles. The summed E-state index contributed by atoms with van der Waals surface area (Å²) in [6, 6.07) is 8.59. The minimum atomic E-state index is -1.00. The number of aryl methyl sites for hydroxylation is 1. The molecule has 2 heterocycles. The Morgan fingerprint density at radius 2 is 2.10 bits per heavy atom. The number of fused-ring (bicyclic) bond motifs is 1. The van der Waals surface area contributed by atoms with Crippen molar-refractivity contribution in [2.75, 3.05) is 0 Å². The Kier molecular flexibility index (Phi) is 2.91. The lowest BCUT2D eigenvalue weighted by atomic mass is 10.1. The Hall–Kier alpha value is -2.40. The number of rotatable bonds is 2. The van der Waals surface area contributed by atoms with Crippen LogP contribution in [0.1, 0.15) is 10.4 Å². The van der Waals surface area contributed by atoms with Gasteiger partial charge in [-0.25, -0.2) is 9.78 Å². The van der Waals surface area contributed by atoms with Crippen molar-refractivity contribution in [1.82, 2.24) is 14.8 Å². The van der Waals surface area contributed by atoms with Gasteiger partial charge in [0.15, 0.2) is 0 Å². The normalized spacial score (nSPS) is 10.9. The molecule has 1 N–H and O–H groups in total. The maximum atomic E-state index is 11.4. The Bertz CT molecular complexity index is 826. The van der Waals surface area contributed by atoms with E-state index < -0.39 is 5.97 Å². The minimum absolute atomic E-state index is 0.187. The minimum Gasteiger partial charge on any atom is -0.478 e. The van der Waals surface area contributed by atoms with Gasteiger partial charge in [0, 0.05) is 18.6 Å². The van der Waals surface area contributed by atoms with Crippen molar-refractivity contribution in [3.63, 3.8) is 0 Å². The van der Waals surface area contributed by atoms with Gasteiger partial charge >= 0.3 is 5.97 Å². The van der Waals surface area contributed by atoms with E-state index >= 15 is 0 Å². The van der Waals surface area contributed by atoms with Crippen molar-refractivity contribution in [3.05, 3.63) is 47.1 Å². The molecule has 5 nitrogen and oxygen atoms in total. The molecule has 0 fully saturated rings. The summed E-state index contributed by atoms with van der Waals surface area (Å²) in [5.74, 6) is -1.00. The number of halogens is 1. The van der Waals surface area contributed by atoms with Crippen molar-refractivity contribution in [2.45, 2.75) is 0 Å². The van der Waals surface area contributed by atoms with E-state index in [1.165, 1.54) is 6.07 Å². The molecule has 0 amide bonds. The summed E-state index contributed by atoms with van der Waals surface area (Å²) in [5.41, 5.74) is 1.71. The molecule has 0 aliphatic carbocycles. The van der Waals surface area contributed by atoms with Gasteiger partial charge in [0.1, 0.15) is 5.69 Å². The van der Waals surface area contributed by atoms with E-state index in [1.807, 2.05) is 6.07 Å². The Labute approximate surface area is 119 Å². The van der Waals surface area contributed by atoms with Crippen molar-refractivity contribution in [3.8, 4) is 11.4 Å². The van der Waals surface area contributed by atoms with Crippen LogP contribution in [0.2, 0.25) is 5.02 Å². The molecule has 0 aliphatic rings. The highest BCUT2D eigenvalue weighted by molar-refractivity contribution is 6.33. The molecule has 3 aromatic rings. The summed E-state index contributed by atoms with van der Waals surface area (Å²) in [4.78, 5) is 15.8. The van der Waals surface area contributed by atoms with E-state index in [0.29, 0.717) is 27.3 Å². The zero-order valence-electron chi connectivity index (χ0n) is 10.5. The third-order valence-corrected chi connectivity index (χ3v) is 3.25. The summed E-state index contributed by atoms with van der Waals surface area (Å²) in [6.45, 7) is 0. The largest absolute Gasteiger partial charge is 0.478 e. The van der Waals surface area contributed by atoms with Crippen LogP contribution in [0.4, 0.5) is 0 Å². The number of hydrogen-bond donors (Lipinski definition) is 1. The third kappa shape index (κ3) is 2.02. The Morgan fingerprint density at radius 1 is 1.35 bits per heavy atom.